The number of hydrogen-bond acceptors (Lipinski definition) is 3. The molecule has 0 aliphatic carbocycles. The molecule has 6 heteroatoms. The van der Waals surface area contributed by atoms with E-state index in [4.69, 9.17) is 5.11 Å². The topological polar surface area (TPSA) is 89.9 Å². The van der Waals surface area contributed by atoms with E-state index in [2.05, 4.69) is 5.32 Å². The molecular weight excluding hydrogens is 212 g/mol. The molecule has 1 aliphatic heterocycles. The molecule has 2 amide bonds. The summed E-state index contributed by atoms with van der Waals surface area (Å²) < 4.78 is 0. The standard InChI is InChI=1S/C10H18N2O4/c1-7(13)8-3-5-12(6-8)10(16)11-4-2-9(14)15/h7-8,13H,2-6H2,1H3,(H,11,16)(H,14,15). The normalized spacial score (nSPS) is 21.9. The number of aliphatic hydroxyl groups is 1. The van der Waals surface area contributed by atoms with Gasteiger partial charge in [-0.15, -0.1) is 0 Å². The van der Waals surface area contributed by atoms with Gasteiger partial charge < -0.3 is 20.4 Å². The van der Waals surface area contributed by atoms with Crippen LogP contribution in [0.15, 0.2) is 0 Å². The first-order valence-corrected chi connectivity index (χ1v) is 5.43. The van der Waals surface area contributed by atoms with Gasteiger partial charge in [0.2, 0.25) is 0 Å². The van der Waals surface area contributed by atoms with Crippen molar-refractivity contribution >= 4 is 12.0 Å². The van der Waals surface area contributed by atoms with Crippen molar-refractivity contribution in [3.05, 3.63) is 0 Å². The molecule has 2 atom stereocenters. The maximum absolute atomic E-state index is 11.5. The Bertz CT molecular complexity index is 268. The van der Waals surface area contributed by atoms with Crippen molar-refractivity contribution in [2.45, 2.75) is 25.9 Å². The van der Waals surface area contributed by atoms with Crippen molar-refractivity contribution in [1.82, 2.24) is 10.2 Å². The van der Waals surface area contributed by atoms with Crippen molar-refractivity contribution in [2.24, 2.45) is 5.92 Å². The Kier molecular flexibility index (Phi) is 4.54. The summed E-state index contributed by atoms with van der Waals surface area (Å²) in [5, 5.41) is 20.3. The fraction of sp³-hybridized carbons (Fsp3) is 0.800. The Hall–Kier alpha value is -1.30. The number of aliphatic carboxylic acids is 1. The van der Waals surface area contributed by atoms with Gasteiger partial charge in [-0.2, -0.15) is 0 Å². The summed E-state index contributed by atoms with van der Waals surface area (Å²) >= 11 is 0. The van der Waals surface area contributed by atoms with Crippen molar-refractivity contribution in [2.75, 3.05) is 19.6 Å². The highest BCUT2D eigenvalue weighted by atomic mass is 16.4. The first-order chi connectivity index (χ1) is 7.50. The minimum atomic E-state index is -0.927. The Morgan fingerprint density at radius 2 is 2.25 bits per heavy atom. The summed E-state index contributed by atoms with van der Waals surface area (Å²) in [5.41, 5.74) is 0. The summed E-state index contributed by atoms with van der Waals surface area (Å²) in [5.74, 6) is -0.797. The Morgan fingerprint density at radius 1 is 1.56 bits per heavy atom. The SMILES string of the molecule is CC(O)C1CCN(C(=O)NCCC(=O)O)C1. The lowest BCUT2D eigenvalue weighted by Gasteiger charge is -2.18. The Labute approximate surface area is 94.2 Å². The van der Waals surface area contributed by atoms with Crippen molar-refractivity contribution in [1.29, 1.82) is 0 Å². The number of carboxylic acids is 1. The molecule has 1 rings (SSSR count). The number of nitrogens with one attached hydrogen (secondary N) is 1. The van der Waals surface area contributed by atoms with E-state index in [1.807, 2.05) is 0 Å². The molecule has 0 radical (unpaired) electrons. The van der Waals surface area contributed by atoms with Gasteiger partial charge in [0.25, 0.3) is 0 Å². The molecule has 3 N–H and O–H groups in total. The Balaban J connectivity index is 2.25. The number of amides is 2. The number of urea groups is 1. The number of hydrogen-bond donors (Lipinski definition) is 3. The number of likely N-dealkylation sites (tertiary alicyclic amines) is 1. The van der Waals surface area contributed by atoms with E-state index in [0.717, 1.165) is 6.42 Å². The Morgan fingerprint density at radius 3 is 2.75 bits per heavy atom. The first-order valence-electron chi connectivity index (χ1n) is 5.43. The summed E-state index contributed by atoms with van der Waals surface area (Å²) in [4.78, 5) is 23.4. The minimum absolute atomic E-state index is 0.0700. The lowest BCUT2D eigenvalue weighted by molar-refractivity contribution is -0.136. The van der Waals surface area contributed by atoms with Gasteiger partial charge in [0, 0.05) is 25.6 Å². The molecule has 1 fully saturated rings. The van der Waals surface area contributed by atoms with Crippen LogP contribution in [0.25, 0.3) is 0 Å². The molecule has 16 heavy (non-hydrogen) atoms. The molecular formula is C10H18N2O4. The van der Waals surface area contributed by atoms with Gasteiger partial charge in [-0.1, -0.05) is 0 Å². The third-order valence-electron chi connectivity index (χ3n) is 2.81. The summed E-state index contributed by atoms with van der Waals surface area (Å²) in [6.07, 6.45) is 0.320. The number of carbonyl (C=O) groups is 2. The fourth-order valence-electron chi connectivity index (χ4n) is 1.75. The molecule has 0 spiro atoms. The quantitative estimate of drug-likeness (QED) is 0.627. The van der Waals surface area contributed by atoms with Gasteiger partial charge >= 0.3 is 12.0 Å². The van der Waals surface area contributed by atoms with E-state index in [1.165, 1.54) is 0 Å². The van der Waals surface area contributed by atoms with Crippen molar-refractivity contribution < 1.29 is 19.8 Å². The lowest BCUT2D eigenvalue weighted by atomic mass is 10.0. The predicted octanol–water partition coefficient (Wildman–Crippen LogP) is -0.127. The van der Waals surface area contributed by atoms with Crippen molar-refractivity contribution in [3.63, 3.8) is 0 Å². The zero-order chi connectivity index (χ0) is 12.1. The van der Waals surface area contributed by atoms with Gasteiger partial charge in [0.1, 0.15) is 0 Å². The van der Waals surface area contributed by atoms with Gasteiger partial charge in [-0.05, 0) is 13.3 Å². The highest BCUT2D eigenvalue weighted by Gasteiger charge is 2.28. The molecule has 0 aromatic heterocycles. The third-order valence-corrected chi connectivity index (χ3v) is 2.81. The third kappa shape index (κ3) is 3.69. The second-order valence-corrected chi connectivity index (χ2v) is 4.11. The molecule has 1 saturated heterocycles. The molecule has 92 valence electrons. The van der Waals surface area contributed by atoms with E-state index < -0.39 is 12.1 Å². The molecule has 6 nitrogen and oxygen atoms in total. The number of aliphatic hydroxyl groups excluding tert-OH is 1. The molecule has 0 aromatic rings. The smallest absolute Gasteiger partial charge is 0.317 e. The van der Waals surface area contributed by atoms with Crippen LogP contribution in [0.1, 0.15) is 19.8 Å². The number of rotatable bonds is 4. The van der Waals surface area contributed by atoms with Gasteiger partial charge in [-0.3, -0.25) is 4.79 Å². The summed E-state index contributed by atoms with van der Waals surface area (Å²) in [6, 6.07) is -0.246. The predicted molar refractivity (Wildman–Crippen MR) is 57.0 cm³/mol. The van der Waals surface area contributed by atoms with Crippen LogP contribution in [0.4, 0.5) is 4.79 Å². The fourth-order valence-corrected chi connectivity index (χ4v) is 1.75. The summed E-state index contributed by atoms with van der Waals surface area (Å²) in [7, 11) is 0. The number of carboxylic acid groups (broad SMARTS) is 1. The molecule has 0 aromatic carbocycles. The van der Waals surface area contributed by atoms with Crippen LogP contribution in [-0.4, -0.2) is 52.9 Å². The van der Waals surface area contributed by atoms with Crippen LogP contribution in [0.5, 0.6) is 0 Å². The van der Waals surface area contributed by atoms with Crippen LogP contribution in [-0.2, 0) is 4.79 Å². The van der Waals surface area contributed by atoms with E-state index in [1.54, 1.807) is 11.8 Å². The molecule has 1 aliphatic rings. The minimum Gasteiger partial charge on any atom is -0.481 e. The van der Waals surface area contributed by atoms with E-state index in [-0.39, 0.29) is 24.9 Å². The highest BCUT2D eigenvalue weighted by Crippen LogP contribution is 2.19. The average Bonchev–Trinajstić information content (AvgIpc) is 2.65. The highest BCUT2D eigenvalue weighted by molar-refractivity contribution is 5.75. The van der Waals surface area contributed by atoms with Crippen LogP contribution < -0.4 is 5.32 Å². The molecule has 1 heterocycles. The van der Waals surface area contributed by atoms with Crippen LogP contribution in [0, 0.1) is 5.92 Å². The number of carbonyl (C=O) groups excluding carboxylic acids is 1. The van der Waals surface area contributed by atoms with Gasteiger partial charge in [0.15, 0.2) is 0 Å². The van der Waals surface area contributed by atoms with Crippen LogP contribution >= 0.6 is 0 Å². The zero-order valence-corrected chi connectivity index (χ0v) is 9.35. The van der Waals surface area contributed by atoms with Gasteiger partial charge in [0.05, 0.1) is 12.5 Å². The molecule has 0 saturated carbocycles. The largest absolute Gasteiger partial charge is 0.481 e. The van der Waals surface area contributed by atoms with Crippen LogP contribution in [0.3, 0.4) is 0 Å². The monoisotopic (exact) mass is 230 g/mol. The zero-order valence-electron chi connectivity index (χ0n) is 9.35. The first kappa shape index (κ1) is 12.8. The second kappa shape index (κ2) is 5.69. The molecule has 0 bridgehead atoms. The maximum Gasteiger partial charge on any atom is 0.317 e. The van der Waals surface area contributed by atoms with E-state index >= 15 is 0 Å². The lowest BCUT2D eigenvalue weighted by Crippen LogP contribution is -2.39. The number of nitrogens with zero attached hydrogens (tertiary/aromatic N) is 1. The van der Waals surface area contributed by atoms with E-state index in [9.17, 15) is 14.7 Å². The average molecular weight is 230 g/mol. The molecule has 2 unspecified atom stereocenters. The van der Waals surface area contributed by atoms with E-state index in [0.29, 0.717) is 13.1 Å². The van der Waals surface area contributed by atoms with Gasteiger partial charge in [-0.25, -0.2) is 4.79 Å². The second-order valence-electron chi connectivity index (χ2n) is 4.11. The van der Waals surface area contributed by atoms with Crippen LogP contribution in [0.2, 0.25) is 0 Å². The van der Waals surface area contributed by atoms with Crippen molar-refractivity contribution in [3.8, 4) is 0 Å². The maximum atomic E-state index is 11.5. The summed E-state index contributed by atoms with van der Waals surface area (Å²) in [6.45, 7) is 3.02.